The van der Waals surface area contributed by atoms with Gasteiger partial charge in [-0.25, -0.2) is 18.2 Å². The number of alkyl carbamates (subject to hydrolysis) is 1. The number of ketones is 2. The molecule has 1 saturated heterocycles. The Morgan fingerprint density at radius 3 is 2.44 bits per heavy atom. The molecule has 2 heterocycles. The number of aromatic nitrogens is 1. The number of ether oxygens (including phenoxy) is 4. The molecule has 2 aromatic carbocycles. The monoisotopic (exact) mass is 804 g/mol. The van der Waals surface area contributed by atoms with Crippen molar-refractivity contribution in [2.45, 2.75) is 88.3 Å². The van der Waals surface area contributed by atoms with Gasteiger partial charge >= 0.3 is 6.09 Å². The summed E-state index contributed by atoms with van der Waals surface area (Å²) in [5, 5.41) is 3.29. The first-order valence-electron chi connectivity index (χ1n) is 18.8. The number of fused-ring (bicyclic) bond motifs is 1. The van der Waals surface area contributed by atoms with E-state index in [-0.39, 0.29) is 25.3 Å². The van der Waals surface area contributed by atoms with E-state index >= 15 is 0 Å². The molecule has 3 aromatic rings. The molecule has 3 aliphatic rings. The lowest BCUT2D eigenvalue weighted by Gasteiger charge is -2.30. The molecule has 0 unspecified atom stereocenters. The fraction of sp³-hybridized carbons (Fsp3) is 0.463. The Labute approximate surface area is 331 Å². The van der Waals surface area contributed by atoms with Crippen LogP contribution in [0.3, 0.4) is 0 Å². The Hall–Kier alpha value is -5.51. The Morgan fingerprint density at radius 1 is 1.05 bits per heavy atom. The predicted octanol–water partition coefficient (Wildman–Crippen LogP) is 4.28. The lowest BCUT2D eigenvalue weighted by molar-refractivity contribution is -0.141. The van der Waals surface area contributed by atoms with Crippen molar-refractivity contribution in [3.05, 3.63) is 73.4 Å². The van der Waals surface area contributed by atoms with Crippen molar-refractivity contribution < 1.29 is 51.3 Å². The average molecular weight is 805 g/mol. The van der Waals surface area contributed by atoms with E-state index < -0.39 is 99.3 Å². The molecule has 2 aliphatic carbocycles. The van der Waals surface area contributed by atoms with Crippen LogP contribution in [0.15, 0.2) is 73.4 Å². The number of methoxy groups -OCH3 is 1. The second-order valence-electron chi connectivity index (χ2n) is 15.7. The molecule has 0 radical (unpaired) electrons. The van der Waals surface area contributed by atoms with Gasteiger partial charge in [-0.2, -0.15) is 0 Å². The lowest BCUT2D eigenvalue weighted by Crippen LogP contribution is -2.54. The summed E-state index contributed by atoms with van der Waals surface area (Å²) in [6, 6.07) is 13.1. The van der Waals surface area contributed by atoms with Crippen LogP contribution in [0.1, 0.15) is 59.3 Å². The van der Waals surface area contributed by atoms with Crippen LogP contribution in [0.4, 0.5) is 4.79 Å². The van der Waals surface area contributed by atoms with Crippen molar-refractivity contribution in [3.8, 4) is 17.4 Å². The molecule has 15 nitrogen and oxygen atoms in total. The van der Waals surface area contributed by atoms with Crippen LogP contribution in [0.25, 0.3) is 10.8 Å². The molecule has 3 amide bonds. The van der Waals surface area contributed by atoms with Crippen molar-refractivity contribution in [3.63, 3.8) is 0 Å². The number of nitrogens with one attached hydrogen (secondary N) is 2. The lowest BCUT2D eigenvalue weighted by atomic mass is 9.91. The summed E-state index contributed by atoms with van der Waals surface area (Å²) in [4.78, 5) is 74.7. The zero-order valence-electron chi connectivity index (χ0n) is 32.4. The van der Waals surface area contributed by atoms with Gasteiger partial charge in [0.05, 0.1) is 30.4 Å². The molecule has 2 N–H and O–H groups in total. The largest absolute Gasteiger partial charge is 0.497 e. The molecule has 0 bridgehead atoms. The van der Waals surface area contributed by atoms with E-state index in [2.05, 4.69) is 21.6 Å². The van der Waals surface area contributed by atoms with E-state index in [1.54, 1.807) is 82.6 Å². The third kappa shape index (κ3) is 9.90. The number of sulfonamides is 1. The molecule has 1 aromatic heterocycles. The highest BCUT2D eigenvalue weighted by atomic mass is 32.2. The van der Waals surface area contributed by atoms with Crippen LogP contribution in [-0.4, -0.2) is 97.1 Å². The molecular formula is C41H48N4O11S. The number of rotatable bonds is 17. The third-order valence-corrected chi connectivity index (χ3v) is 12.1. The summed E-state index contributed by atoms with van der Waals surface area (Å²) in [6.07, 6.45) is 1.49. The van der Waals surface area contributed by atoms with Gasteiger partial charge in [-0.1, -0.05) is 24.3 Å². The quantitative estimate of drug-likeness (QED) is 0.184. The summed E-state index contributed by atoms with van der Waals surface area (Å²) in [5.74, 6) is -1.78. The zero-order chi connectivity index (χ0) is 41.1. The fourth-order valence-corrected chi connectivity index (χ4v) is 8.45. The Bertz CT molecular complexity index is 2150. The molecule has 5 atom stereocenters. The van der Waals surface area contributed by atoms with E-state index in [0.717, 1.165) is 5.39 Å². The van der Waals surface area contributed by atoms with Gasteiger partial charge in [0.1, 0.15) is 35.9 Å². The van der Waals surface area contributed by atoms with Gasteiger partial charge in [-0.3, -0.25) is 23.9 Å². The van der Waals surface area contributed by atoms with Crippen LogP contribution in [0.2, 0.25) is 0 Å². The molecule has 3 fully saturated rings. The second-order valence-corrected chi connectivity index (χ2v) is 17.7. The van der Waals surface area contributed by atoms with Crippen LogP contribution in [0.5, 0.6) is 17.4 Å². The highest BCUT2D eigenvalue weighted by Gasteiger charge is 2.61. The maximum Gasteiger partial charge on any atom is 0.408 e. The normalized spacial score (nSPS) is 22.2. The van der Waals surface area contributed by atoms with Gasteiger partial charge in [0, 0.05) is 30.8 Å². The number of pyridine rings is 1. The maximum absolute atomic E-state index is 14.6. The van der Waals surface area contributed by atoms with Gasteiger partial charge in [-0.15, -0.1) is 6.58 Å². The number of nitrogens with zero attached hydrogens (tertiary/aromatic N) is 2. The Morgan fingerprint density at radius 2 is 1.79 bits per heavy atom. The van der Waals surface area contributed by atoms with Crippen molar-refractivity contribution in [1.82, 2.24) is 19.9 Å². The average Bonchev–Trinajstić information content (AvgIpc) is 4.09. The van der Waals surface area contributed by atoms with Gasteiger partial charge in [-0.05, 0) is 87.7 Å². The van der Waals surface area contributed by atoms with E-state index in [1.807, 2.05) is 6.07 Å². The smallest absolute Gasteiger partial charge is 0.408 e. The topological polar surface area (TPSA) is 197 Å². The minimum Gasteiger partial charge on any atom is -0.497 e. The minimum atomic E-state index is -3.91. The van der Waals surface area contributed by atoms with Crippen LogP contribution >= 0.6 is 0 Å². The number of amides is 3. The number of likely N-dealkylation sites (tertiary alicyclic amines) is 1. The first-order valence-corrected chi connectivity index (χ1v) is 20.4. The number of carbonyl (C=O) groups excluding carboxylic acids is 5. The van der Waals surface area contributed by atoms with Gasteiger partial charge in [0.2, 0.25) is 27.7 Å². The molecule has 1 aliphatic heterocycles. The molecule has 16 heteroatoms. The second kappa shape index (κ2) is 16.5. The van der Waals surface area contributed by atoms with Crippen molar-refractivity contribution >= 4 is 50.3 Å². The SMILES string of the molecule is C=C[C@@H]1C[C@]1(CC(=O)[C@@H]1C[C@@H](Oc2nccc3cc(OC)ccc23)CN1C(=O)[C@H](CC(=O)COc1ccccc1)NC(=O)OC(C)(C)C)C(=O)NS(=O)(=O)C1CC1. The fourth-order valence-electron chi connectivity index (χ4n) is 7.06. The highest BCUT2D eigenvalue weighted by Crippen LogP contribution is 2.57. The van der Waals surface area contributed by atoms with E-state index in [0.29, 0.717) is 29.7 Å². The Kier molecular flexibility index (Phi) is 11.9. The summed E-state index contributed by atoms with van der Waals surface area (Å²) in [6.45, 7) is 8.18. The van der Waals surface area contributed by atoms with Gasteiger partial charge < -0.3 is 29.2 Å². The third-order valence-electron chi connectivity index (χ3n) is 10.3. The van der Waals surface area contributed by atoms with Crippen LogP contribution in [-0.2, 0) is 33.9 Å². The van der Waals surface area contributed by atoms with Crippen molar-refractivity contribution in [1.29, 1.82) is 0 Å². The van der Waals surface area contributed by atoms with Gasteiger partial charge in [0.25, 0.3) is 0 Å². The predicted molar refractivity (Wildman–Crippen MR) is 208 cm³/mol. The first kappa shape index (κ1) is 41.1. The molecule has 57 heavy (non-hydrogen) atoms. The Balaban J connectivity index is 1.28. The minimum absolute atomic E-state index is 0.0279. The molecule has 6 rings (SSSR count). The number of para-hydroxylation sites is 1. The number of carbonyl (C=O) groups is 5. The zero-order valence-corrected chi connectivity index (χ0v) is 33.2. The first-order chi connectivity index (χ1) is 27.0. The standard InChI is InChI=1S/C41H48N4O11S/c1-6-26-21-41(26,38(49)44-57(51,52)31-13-14-31)22-35(47)34-20-30(55-36-32-15-12-29(53-5)18-25(32)16-17-42-36)23-45(34)37(48)33(43-39(50)56-40(2,3)4)19-27(46)24-54-28-10-8-7-9-11-28/h6-12,15-18,26,30-31,33-34H,1,13-14,19-24H2,2-5H3,(H,43,50)(H,44,49)/t26-,30-,33+,34+,41-/m1/s1. The number of hydrogen-bond acceptors (Lipinski definition) is 12. The van der Waals surface area contributed by atoms with Crippen LogP contribution < -0.4 is 24.2 Å². The molecule has 0 spiro atoms. The number of hydrogen-bond donors (Lipinski definition) is 2. The highest BCUT2D eigenvalue weighted by molar-refractivity contribution is 7.90. The molecule has 304 valence electrons. The van der Waals surface area contributed by atoms with Crippen molar-refractivity contribution in [2.24, 2.45) is 11.3 Å². The number of benzene rings is 2. The molecule has 2 saturated carbocycles. The van der Waals surface area contributed by atoms with Crippen molar-refractivity contribution in [2.75, 3.05) is 20.3 Å². The number of Topliss-reactive ketones (excluding diaryl/α,β-unsaturated/α-hetero) is 2. The van der Waals surface area contributed by atoms with Gasteiger partial charge in [0.15, 0.2) is 11.6 Å². The maximum atomic E-state index is 14.6. The number of allylic oxidation sites excluding steroid dienone is 1. The summed E-state index contributed by atoms with van der Waals surface area (Å²) in [7, 11) is -2.36. The summed E-state index contributed by atoms with van der Waals surface area (Å²) in [5.41, 5.74) is -2.32. The van der Waals surface area contributed by atoms with E-state index in [4.69, 9.17) is 18.9 Å². The van der Waals surface area contributed by atoms with E-state index in [1.165, 1.54) is 11.0 Å². The molecular weight excluding hydrogens is 757 g/mol. The summed E-state index contributed by atoms with van der Waals surface area (Å²) < 4.78 is 50.5. The van der Waals surface area contributed by atoms with Crippen LogP contribution in [0, 0.1) is 11.3 Å². The van der Waals surface area contributed by atoms with E-state index in [9.17, 15) is 32.4 Å². The summed E-state index contributed by atoms with van der Waals surface area (Å²) >= 11 is 0.